The van der Waals surface area contributed by atoms with Crippen molar-refractivity contribution in [1.29, 1.82) is 0 Å². The summed E-state index contributed by atoms with van der Waals surface area (Å²) in [6.07, 6.45) is 6.26. The van der Waals surface area contributed by atoms with Crippen molar-refractivity contribution in [2.45, 2.75) is 71.4 Å². The summed E-state index contributed by atoms with van der Waals surface area (Å²) in [6.45, 7) is 9.73. The Morgan fingerprint density at radius 2 is 1.59 bits per heavy atom. The molecule has 1 aliphatic carbocycles. The smallest absolute Gasteiger partial charge is 0.374 e. The van der Waals surface area contributed by atoms with Crippen LogP contribution in [0.2, 0.25) is 5.54 Å². The van der Waals surface area contributed by atoms with Gasteiger partial charge in [-0.3, -0.25) is 0 Å². The van der Waals surface area contributed by atoms with E-state index in [2.05, 4.69) is 13.8 Å². The van der Waals surface area contributed by atoms with Crippen molar-refractivity contribution in [3.8, 4) is 0 Å². The van der Waals surface area contributed by atoms with Crippen LogP contribution < -0.4 is 0 Å². The van der Waals surface area contributed by atoms with Gasteiger partial charge in [-0.25, -0.2) is 0 Å². The molecule has 1 unspecified atom stereocenters. The van der Waals surface area contributed by atoms with Gasteiger partial charge in [-0.2, -0.15) is 0 Å². The summed E-state index contributed by atoms with van der Waals surface area (Å²) in [5.41, 5.74) is 0.524. The van der Waals surface area contributed by atoms with Crippen molar-refractivity contribution in [3.63, 3.8) is 0 Å². The molecule has 1 aliphatic rings. The second kappa shape index (κ2) is 7.51. The molecule has 1 rings (SSSR count). The highest BCUT2D eigenvalue weighted by Crippen LogP contribution is 2.41. The first-order valence-corrected chi connectivity index (χ1v) is 8.94. The Bertz CT molecular complexity index is 199. The zero-order valence-corrected chi connectivity index (χ0v) is 12.8. The highest BCUT2D eigenvalue weighted by molar-refractivity contribution is 6.62. The Kier molecular flexibility index (Phi) is 6.70. The summed E-state index contributed by atoms with van der Waals surface area (Å²) in [7, 11) is -2.45. The van der Waals surface area contributed by atoms with Crippen LogP contribution in [-0.2, 0) is 13.3 Å². The molecule has 3 nitrogen and oxygen atoms in total. The van der Waals surface area contributed by atoms with Gasteiger partial charge in [-0.15, -0.1) is 0 Å². The summed E-state index contributed by atoms with van der Waals surface area (Å²) < 4.78 is 18.3. The molecule has 0 saturated heterocycles. The van der Waals surface area contributed by atoms with Crippen LogP contribution in [0.3, 0.4) is 0 Å². The standard InChI is InChI=1S/C13H28O3Si/c1-5-12(4)16-17(14-6-2,15-7-3)13-10-8-9-11-13/h12-13H,5-11H2,1-4H3. The average Bonchev–Trinajstić information content (AvgIpc) is 2.83. The van der Waals surface area contributed by atoms with E-state index < -0.39 is 8.80 Å². The molecular formula is C13H28O3Si. The van der Waals surface area contributed by atoms with Gasteiger partial charge >= 0.3 is 8.80 Å². The molecule has 4 heteroatoms. The molecule has 17 heavy (non-hydrogen) atoms. The summed E-state index contributed by atoms with van der Waals surface area (Å²) in [4.78, 5) is 0. The Hall–Kier alpha value is 0.0969. The average molecular weight is 260 g/mol. The molecule has 0 spiro atoms. The zero-order chi connectivity index (χ0) is 12.7. The van der Waals surface area contributed by atoms with Crippen molar-refractivity contribution in [2.75, 3.05) is 13.2 Å². The van der Waals surface area contributed by atoms with Gasteiger partial charge in [0, 0.05) is 24.9 Å². The predicted molar refractivity (Wildman–Crippen MR) is 72.1 cm³/mol. The SMILES string of the molecule is CCO[Si](OCC)(OC(C)CC)C1CCCC1. The lowest BCUT2D eigenvalue weighted by Crippen LogP contribution is -2.51. The summed E-state index contributed by atoms with van der Waals surface area (Å²) >= 11 is 0. The third-order valence-corrected chi connectivity index (χ3v) is 7.18. The van der Waals surface area contributed by atoms with Crippen molar-refractivity contribution in [3.05, 3.63) is 0 Å². The zero-order valence-electron chi connectivity index (χ0n) is 11.8. The molecule has 0 aromatic heterocycles. The topological polar surface area (TPSA) is 27.7 Å². The van der Waals surface area contributed by atoms with Crippen molar-refractivity contribution >= 4 is 8.80 Å². The minimum atomic E-state index is -2.45. The van der Waals surface area contributed by atoms with E-state index >= 15 is 0 Å². The molecule has 0 radical (unpaired) electrons. The van der Waals surface area contributed by atoms with Crippen LogP contribution in [-0.4, -0.2) is 28.1 Å². The molecule has 0 N–H and O–H groups in total. The number of hydrogen-bond acceptors (Lipinski definition) is 3. The normalized spacial score (nSPS) is 19.8. The van der Waals surface area contributed by atoms with E-state index in [1.807, 2.05) is 13.8 Å². The first kappa shape index (κ1) is 15.2. The second-order valence-corrected chi connectivity index (χ2v) is 7.62. The lowest BCUT2D eigenvalue weighted by Gasteiger charge is -2.35. The van der Waals surface area contributed by atoms with Crippen LogP contribution in [0.4, 0.5) is 0 Å². The first-order valence-electron chi connectivity index (χ1n) is 7.14. The fraction of sp³-hybridized carbons (Fsp3) is 1.00. The van der Waals surface area contributed by atoms with E-state index in [9.17, 15) is 0 Å². The van der Waals surface area contributed by atoms with Crippen LogP contribution in [0.5, 0.6) is 0 Å². The van der Waals surface area contributed by atoms with Gasteiger partial charge in [0.05, 0.1) is 0 Å². The molecule has 0 aliphatic heterocycles. The van der Waals surface area contributed by atoms with E-state index in [-0.39, 0.29) is 6.10 Å². The van der Waals surface area contributed by atoms with Crippen LogP contribution in [0.1, 0.15) is 59.8 Å². The van der Waals surface area contributed by atoms with E-state index in [0.717, 1.165) is 6.42 Å². The van der Waals surface area contributed by atoms with Crippen LogP contribution in [0.25, 0.3) is 0 Å². The molecule has 0 heterocycles. The maximum Gasteiger partial charge on any atom is 0.504 e. The largest absolute Gasteiger partial charge is 0.504 e. The Labute approximate surface area is 107 Å². The highest BCUT2D eigenvalue weighted by Gasteiger charge is 2.50. The van der Waals surface area contributed by atoms with Gasteiger partial charge in [0.15, 0.2) is 0 Å². The predicted octanol–water partition coefficient (Wildman–Crippen LogP) is 3.76. The molecule has 0 amide bonds. The van der Waals surface area contributed by atoms with Crippen molar-refractivity contribution in [1.82, 2.24) is 0 Å². The Morgan fingerprint density at radius 1 is 1.06 bits per heavy atom. The molecule has 102 valence electrons. The molecule has 1 saturated carbocycles. The third-order valence-electron chi connectivity index (χ3n) is 3.49. The van der Waals surface area contributed by atoms with Gasteiger partial charge in [-0.1, -0.05) is 19.8 Å². The minimum absolute atomic E-state index is 0.236. The van der Waals surface area contributed by atoms with Crippen molar-refractivity contribution in [2.24, 2.45) is 0 Å². The van der Waals surface area contributed by atoms with Gasteiger partial charge < -0.3 is 13.3 Å². The molecule has 0 aromatic rings. The van der Waals surface area contributed by atoms with Gasteiger partial charge in [0.2, 0.25) is 0 Å². The van der Waals surface area contributed by atoms with E-state index in [4.69, 9.17) is 13.3 Å². The van der Waals surface area contributed by atoms with Crippen LogP contribution in [0.15, 0.2) is 0 Å². The maximum absolute atomic E-state index is 6.25. The summed E-state index contributed by atoms with van der Waals surface area (Å²) in [5.74, 6) is 0. The molecule has 0 aromatic carbocycles. The summed E-state index contributed by atoms with van der Waals surface area (Å²) in [6, 6.07) is 0. The van der Waals surface area contributed by atoms with Gasteiger partial charge in [0.1, 0.15) is 0 Å². The third kappa shape index (κ3) is 4.05. The molecule has 1 atom stereocenters. The second-order valence-electron chi connectivity index (χ2n) is 4.79. The van der Waals surface area contributed by atoms with E-state index in [1.54, 1.807) is 0 Å². The quantitative estimate of drug-likeness (QED) is 0.622. The fourth-order valence-corrected chi connectivity index (χ4v) is 6.02. The van der Waals surface area contributed by atoms with Crippen LogP contribution >= 0.6 is 0 Å². The maximum atomic E-state index is 6.25. The van der Waals surface area contributed by atoms with Gasteiger partial charge in [0.25, 0.3) is 0 Å². The van der Waals surface area contributed by atoms with Gasteiger partial charge in [-0.05, 0) is 40.0 Å². The number of rotatable bonds is 8. The first-order chi connectivity index (χ1) is 8.18. The van der Waals surface area contributed by atoms with Crippen LogP contribution in [0, 0.1) is 0 Å². The molecule has 0 bridgehead atoms. The summed E-state index contributed by atoms with van der Waals surface area (Å²) in [5, 5.41) is 0. The van der Waals surface area contributed by atoms with E-state index in [0.29, 0.717) is 18.8 Å². The lowest BCUT2D eigenvalue weighted by molar-refractivity contribution is 0.0285. The lowest BCUT2D eigenvalue weighted by atomic mass is 10.3. The highest BCUT2D eigenvalue weighted by atomic mass is 28.4. The molecular weight excluding hydrogens is 232 g/mol. The van der Waals surface area contributed by atoms with E-state index in [1.165, 1.54) is 25.7 Å². The number of hydrogen-bond donors (Lipinski definition) is 0. The monoisotopic (exact) mass is 260 g/mol. The Balaban J connectivity index is 2.76. The minimum Gasteiger partial charge on any atom is -0.374 e. The fourth-order valence-electron chi connectivity index (χ4n) is 2.49. The Morgan fingerprint density at radius 3 is 2.00 bits per heavy atom. The van der Waals surface area contributed by atoms with Crippen molar-refractivity contribution < 1.29 is 13.3 Å². The molecule has 1 fully saturated rings.